The Bertz CT molecular complexity index is 384. The van der Waals surface area contributed by atoms with Crippen LogP contribution >= 0.6 is 0 Å². The summed E-state index contributed by atoms with van der Waals surface area (Å²) in [6.07, 6.45) is 0. The molecule has 0 radical (unpaired) electrons. The monoisotopic (exact) mass is 174 g/mol. The van der Waals surface area contributed by atoms with Crippen LogP contribution in [0.4, 0.5) is 4.39 Å². The predicted octanol–water partition coefficient (Wildman–Crippen LogP) is 1.17. The number of aliphatic hydroxyl groups is 1. The first-order chi connectivity index (χ1) is 6.33. The molecule has 0 unspecified atom stereocenters. The molecule has 1 aromatic carbocycles. The molecule has 0 fully saturated rings. The molecule has 0 heterocycles. The van der Waals surface area contributed by atoms with E-state index in [2.05, 4.69) is 23.7 Å². The lowest BCUT2D eigenvalue weighted by Gasteiger charge is -1.87. The van der Waals surface area contributed by atoms with Crippen LogP contribution in [-0.4, -0.2) is 11.7 Å². The molecule has 1 rings (SSSR count). The largest absolute Gasteiger partial charge is 0.384 e. The molecule has 0 saturated carbocycles. The molecule has 0 saturated heterocycles. The highest BCUT2D eigenvalue weighted by atomic mass is 19.1. The molecule has 0 bridgehead atoms. The van der Waals surface area contributed by atoms with Crippen LogP contribution in [0.1, 0.15) is 5.56 Å². The zero-order valence-corrected chi connectivity index (χ0v) is 6.84. The Morgan fingerprint density at radius 2 is 1.85 bits per heavy atom. The fourth-order valence-electron chi connectivity index (χ4n) is 0.720. The van der Waals surface area contributed by atoms with Crippen molar-refractivity contribution >= 4 is 0 Å². The topological polar surface area (TPSA) is 20.2 Å². The summed E-state index contributed by atoms with van der Waals surface area (Å²) in [6, 6.07) is 5.82. The molecular weight excluding hydrogens is 167 g/mol. The van der Waals surface area contributed by atoms with Crippen molar-refractivity contribution in [3.63, 3.8) is 0 Å². The number of hydrogen-bond donors (Lipinski definition) is 1. The summed E-state index contributed by atoms with van der Waals surface area (Å²) in [4.78, 5) is 0. The summed E-state index contributed by atoms with van der Waals surface area (Å²) < 4.78 is 12.4. The van der Waals surface area contributed by atoms with Crippen LogP contribution in [0.15, 0.2) is 24.3 Å². The first kappa shape index (κ1) is 9.32. The minimum atomic E-state index is -0.285. The fourth-order valence-corrected chi connectivity index (χ4v) is 0.720. The molecule has 13 heavy (non-hydrogen) atoms. The highest BCUT2D eigenvalue weighted by Crippen LogP contribution is 1.99. The molecule has 0 aliphatic rings. The fraction of sp³-hybridized carbons (Fsp3) is 0.0909. The Morgan fingerprint density at radius 3 is 2.46 bits per heavy atom. The Balaban J connectivity index is 2.72. The molecule has 64 valence electrons. The highest BCUT2D eigenvalue weighted by Gasteiger charge is 1.87. The van der Waals surface area contributed by atoms with Crippen molar-refractivity contribution in [3.05, 3.63) is 35.6 Å². The van der Waals surface area contributed by atoms with E-state index >= 15 is 0 Å². The molecule has 0 aliphatic heterocycles. The van der Waals surface area contributed by atoms with Crippen molar-refractivity contribution in [2.24, 2.45) is 0 Å². The number of hydrogen-bond acceptors (Lipinski definition) is 1. The summed E-state index contributed by atoms with van der Waals surface area (Å²) in [6.45, 7) is -0.196. The van der Waals surface area contributed by atoms with Gasteiger partial charge in [0.05, 0.1) is 0 Å². The van der Waals surface area contributed by atoms with Crippen molar-refractivity contribution in [2.75, 3.05) is 6.61 Å². The van der Waals surface area contributed by atoms with Crippen molar-refractivity contribution in [3.8, 4) is 23.7 Å². The zero-order valence-electron chi connectivity index (χ0n) is 6.84. The second-order valence-corrected chi connectivity index (χ2v) is 2.22. The first-order valence-electron chi connectivity index (χ1n) is 3.68. The summed E-state index contributed by atoms with van der Waals surface area (Å²) in [5.41, 5.74) is 0.702. The van der Waals surface area contributed by atoms with Gasteiger partial charge in [0, 0.05) is 5.56 Å². The maximum atomic E-state index is 12.4. The van der Waals surface area contributed by atoms with Crippen LogP contribution in [0.5, 0.6) is 0 Å². The third-order valence-electron chi connectivity index (χ3n) is 1.28. The van der Waals surface area contributed by atoms with Gasteiger partial charge in [0.1, 0.15) is 12.4 Å². The zero-order chi connectivity index (χ0) is 9.52. The van der Waals surface area contributed by atoms with Gasteiger partial charge in [-0.05, 0) is 36.1 Å². The van der Waals surface area contributed by atoms with E-state index in [1.165, 1.54) is 12.1 Å². The van der Waals surface area contributed by atoms with E-state index in [0.29, 0.717) is 5.56 Å². The molecule has 1 nitrogen and oxygen atoms in total. The summed E-state index contributed by atoms with van der Waals surface area (Å²) >= 11 is 0. The molecule has 0 spiro atoms. The van der Waals surface area contributed by atoms with Gasteiger partial charge in [-0.3, -0.25) is 0 Å². The second-order valence-electron chi connectivity index (χ2n) is 2.22. The lowest BCUT2D eigenvalue weighted by atomic mass is 10.2. The molecule has 0 amide bonds. The smallest absolute Gasteiger partial charge is 0.123 e. The van der Waals surface area contributed by atoms with Crippen LogP contribution in [-0.2, 0) is 0 Å². The Kier molecular flexibility index (Phi) is 3.57. The molecule has 2 heteroatoms. The number of rotatable bonds is 0. The van der Waals surface area contributed by atoms with Gasteiger partial charge in [-0.25, -0.2) is 4.39 Å². The van der Waals surface area contributed by atoms with Crippen molar-refractivity contribution in [1.82, 2.24) is 0 Å². The quantitative estimate of drug-likeness (QED) is 0.585. The summed E-state index contributed by atoms with van der Waals surface area (Å²) in [5, 5.41) is 8.31. The SMILES string of the molecule is OCC#CC#Cc1ccc(F)cc1. The average Bonchev–Trinajstić information content (AvgIpc) is 2.15. The number of benzene rings is 1. The summed E-state index contributed by atoms with van der Waals surface area (Å²) in [7, 11) is 0. The summed E-state index contributed by atoms with van der Waals surface area (Å²) in [5.74, 6) is 9.78. The maximum absolute atomic E-state index is 12.4. The standard InChI is InChI=1S/C11H7FO/c12-11-7-5-10(6-8-11)4-2-1-3-9-13/h5-8,13H,9H2. The molecule has 0 atom stereocenters. The van der Waals surface area contributed by atoms with Crippen LogP contribution in [0, 0.1) is 29.5 Å². The second kappa shape index (κ2) is 4.98. The number of aliphatic hydroxyl groups excluding tert-OH is 1. The van der Waals surface area contributed by atoms with E-state index in [0.717, 1.165) is 0 Å². The van der Waals surface area contributed by atoms with Crippen molar-refractivity contribution in [2.45, 2.75) is 0 Å². The minimum Gasteiger partial charge on any atom is -0.384 e. The van der Waals surface area contributed by atoms with Crippen LogP contribution in [0.2, 0.25) is 0 Å². The van der Waals surface area contributed by atoms with Gasteiger partial charge in [0.2, 0.25) is 0 Å². The minimum absolute atomic E-state index is 0.196. The van der Waals surface area contributed by atoms with Gasteiger partial charge in [-0.15, -0.1) is 0 Å². The van der Waals surface area contributed by atoms with Gasteiger partial charge in [0.25, 0.3) is 0 Å². The van der Waals surface area contributed by atoms with E-state index in [4.69, 9.17) is 5.11 Å². The predicted molar refractivity (Wildman–Crippen MR) is 48.1 cm³/mol. The Hall–Kier alpha value is -1.77. The van der Waals surface area contributed by atoms with E-state index in [9.17, 15) is 4.39 Å². The van der Waals surface area contributed by atoms with Crippen molar-refractivity contribution in [1.29, 1.82) is 0 Å². The Labute approximate surface area is 76.2 Å². The highest BCUT2D eigenvalue weighted by molar-refractivity contribution is 5.39. The number of halogens is 1. The molecule has 0 aromatic heterocycles. The van der Waals surface area contributed by atoms with E-state index in [1.807, 2.05) is 0 Å². The molecule has 0 aliphatic carbocycles. The van der Waals surface area contributed by atoms with Gasteiger partial charge in [0.15, 0.2) is 0 Å². The normalized spacial score (nSPS) is 7.85. The lowest BCUT2D eigenvalue weighted by Crippen LogP contribution is -1.75. The third kappa shape index (κ3) is 3.42. The Morgan fingerprint density at radius 1 is 1.15 bits per heavy atom. The van der Waals surface area contributed by atoms with Crippen LogP contribution in [0.3, 0.4) is 0 Å². The molecule has 1 N–H and O–H groups in total. The van der Waals surface area contributed by atoms with E-state index < -0.39 is 0 Å². The molecule has 1 aromatic rings. The van der Waals surface area contributed by atoms with Gasteiger partial charge >= 0.3 is 0 Å². The van der Waals surface area contributed by atoms with Crippen LogP contribution < -0.4 is 0 Å². The van der Waals surface area contributed by atoms with Gasteiger partial charge < -0.3 is 5.11 Å². The van der Waals surface area contributed by atoms with Gasteiger partial charge in [-0.2, -0.15) is 0 Å². The third-order valence-corrected chi connectivity index (χ3v) is 1.28. The average molecular weight is 174 g/mol. The van der Waals surface area contributed by atoms with E-state index in [1.54, 1.807) is 12.1 Å². The van der Waals surface area contributed by atoms with Crippen LogP contribution in [0.25, 0.3) is 0 Å². The first-order valence-corrected chi connectivity index (χ1v) is 3.68. The van der Waals surface area contributed by atoms with Crippen molar-refractivity contribution < 1.29 is 9.50 Å². The maximum Gasteiger partial charge on any atom is 0.123 e. The lowest BCUT2D eigenvalue weighted by molar-refractivity contribution is 0.350. The van der Waals surface area contributed by atoms with Gasteiger partial charge in [-0.1, -0.05) is 11.8 Å². The van der Waals surface area contributed by atoms with E-state index in [-0.39, 0.29) is 12.4 Å². The molecular formula is C11H7FO.